The second-order valence-corrected chi connectivity index (χ2v) is 5.92. The second-order valence-electron chi connectivity index (χ2n) is 5.92. The van der Waals surface area contributed by atoms with Crippen molar-refractivity contribution < 1.29 is 0 Å². The van der Waals surface area contributed by atoms with E-state index in [1.165, 1.54) is 6.33 Å². The number of aromatic nitrogens is 4. The predicted molar refractivity (Wildman–Crippen MR) is 88.8 cm³/mol. The lowest BCUT2D eigenvalue weighted by Gasteiger charge is -2.36. The maximum atomic E-state index is 9.59. The minimum absolute atomic E-state index is 0.363. The van der Waals surface area contributed by atoms with Crippen molar-refractivity contribution in [2.45, 2.75) is 33.1 Å². The first-order chi connectivity index (χ1) is 11.1. The van der Waals surface area contributed by atoms with Crippen LogP contribution in [0.5, 0.6) is 0 Å². The Morgan fingerprint density at radius 1 is 1.43 bits per heavy atom. The smallest absolute Gasteiger partial charge is 0.157 e. The van der Waals surface area contributed by atoms with E-state index in [1.807, 2.05) is 32.1 Å². The van der Waals surface area contributed by atoms with Crippen LogP contribution in [0.1, 0.15) is 31.9 Å². The summed E-state index contributed by atoms with van der Waals surface area (Å²) in [4.78, 5) is 8.41. The van der Waals surface area contributed by atoms with Crippen molar-refractivity contribution in [1.82, 2.24) is 19.7 Å². The molecule has 0 radical (unpaired) electrons. The minimum Gasteiger partial charge on any atom is -0.242 e. The van der Waals surface area contributed by atoms with Gasteiger partial charge in [0.2, 0.25) is 0 Å². The summed E-state index contributed by atoms with van der Waals surface area (Å²) >= 11 is 0. The highest BCUT2D eigenvalue weighted by atomic mass is 15.3. The molecule has 1 aliphatic carbocycles. The van der Waals surface area contributed by atoms with Gasteiger partial charge in [-0.05, 0) is 44.8 Å². The Hall–Kier alpha value is -2.74. The molecule has 5 heteroatoms. The van der Waals surface area contributed by atoms with Crippen LogP contribution in [-0.2, 0) is 0 Å². The Kier molecular flexibility index (Phi) is 3.83. The van der Waals surface area contributed by atoms with Crippen molar-refractivity contribution in [1.29, 1.82) is 5.26 Å². The molecule has 5 nitrogen and oxygen atoms in total. The molecule has 2 heterocycles. The van der Waals surface area contributed by atoms with Crippen molar-refractivity contribution in [3.63, 3.8) is 0 Å². The predicted octanol–water partition coefficient (Wildman–Crippen LogP) is 1.80. The van der Waals surface area contributed by atoms with Gasteiger partial charge in [0.25, 0.3) is 0 Å². The average Bonchev–Trinajstić information content (AvgIpc) is 2.86. The van der Waals surface area contributed by atoms with Gasteiger partial charge in [0, 0.05) is 17.0 Å². The van der Waals surface area contributed by atoms with E-state index >= 15 is 0 Å². The zero-order valence-electron chi connectivity index (χ0n) is 13.5. The summed E-state index contributed by atoms with van der Waals surface area (Å²) in [6, 6.07) is 4.37. The van der Waals surface area contributed by atoms with Crippen LogP contribution in [0.2, 0.25) is 0 Å². The topological polar surface area (TPSA) is 67.4 Å². The Morgan fingerprint density at radius 3 is 2.78 bits per heavy atom. The lowest BCUT2D eigenvalue weighted by Crippen LogP contribution is -2.33. The van der Waals surface area contributed by atoms with Crippen LogP contribution in [0.25, 0.3) is 18.5 Å². The van der Waals surface area contributed by atoms with E-state index in [2.05, 4.69) is 27.7 Å². The molecule has 0 N–H and O–H groups in total. The standard InChI is InChI=1S/C18H19N5/c1-4-15(18(11-19)6-5-7-18)9-16-13(2)10-22-23(16)17-8-14(3)20-12-21-17/h4,8-10,12H,2,5-7H2,1,3H3/b15-4+,16-9+. The summed E-state index contributed by atoms with van der Waals surface area (Å²) in [5, 5.41) is 15.6. The first kappa shape index (κ1) is 15.2. The minimum atomic E-state index is -0.363. The van der Waals surface area contributed by atoms with E-state index in [-0.39, 0.29) is 5.41 Å². The van der Waals surface area contributed by atoms with Gasteiger partial charge in [-0.25, -0.2) is 14.6 Å². The molecular formula is C18H19N5. The van der Waals surface area contributed by atoms with Gasteiger partial charge in [0.05, 0.1) is 23.0 Å². The SMILES string of the molecule is C=c1cnn(-c2cc(C)ncn2)/c1=C/C(=C\C)C1(C#N)CCC1. The second kappa shape index (κ2) is 5.81. The van der Waals surface area contributed by atoms with Crippen LogP contribution < -0.4 is 10.6 Å². The van der Waals surface area contributed by atoms with Crippen molar-refractivity contribution in [2.24, 2.45) is 5.41 Å². The molecule has 116 valence electrons. The molecule has 0 bridgehead atoms. The summed E-state index contributed by atoms with van der Waals surface area (Å²) < 4.78 is 1.75. The Morgan fingerprint density at radius 2 is 2.22 bits per heavy atom. The van der Waals surface area contributed by atoms with E-state index in [1.54, 1.807) is 10.9 Å². The van der Waals surface area contributed by atoms with E-state index < -0.39 is 0 Å². The van der Waals surface area contributed by atoms with Crippen LogP contribution in [0.4, 0.5) is 0 Å². The van der Waals surface area contributed by atoms with E-state index in [0.717, 1.165) is 41.1 Å². The maximum Gasteiger partial charge on any atom is 0.157 e. The van der Waals surface area contributed by atoms with Gasteiger partial charge in [-0.1, -0.05) is 12.7 Å². The number of nitrogens with zero attached hydrogens (tertiary/aromatic N) is 5. The molecule has 0 amide bonds. The molecule has 2 aromatic rings. The third kappa shape index (κ3) is 2.57. The fraction of sp³-hybridized carbons (Fsp3) is 0.333. The zero-order chi connectivity index (χ0) is 16.4. The van der Waals surface area contributed by atoms with Crippen LogP contribution in [0.15, 0.2) is 30.2 Å². The quantitative estimate of drug-likeness (QED) is 0.867. The largest absolute Gasteiger partial charge is 0.242 e. The number of aryl methyl sites for hydroxylation is 1. The highest BCUT2D eigenvalue weighted by molar-refractivity contribution is 5.53. The van der Waals surface area contributed by atoms with Crippen LogP contribution in [0.3, 0.4) is 0 Å². The summed E-state index contributed by atoms with van der Waals surface area (Å²) in [6.45, 7) is 7.95. The zero-order valence-corrected chi connectivity index (χ0v) is 13.5. The molecule has 0 unspecified atom stereocenters. The van der Waals surface area contributed by atoms with Crippen LogP contribution in [-0.4, -0.2) is 19.7 Å². The highest BCUT2D eigenvalue weighted by Gasteiger charge is 2.39. The average molecular weight is 305 g/mol. The van der Waals surface area contributed by atoms with Gasteiger partial charge in [0.15, 0.2) is 5.82 Å². The van der Waals surface area contributed by atoms with Crippen molar-refractivity contribution in [2.75, 3.05) is 0 Å². The fourth-order valence-corrected chi connectivity index (χ4v) is 2.92. The molecular weight excluding hydrogens is 286 g/mol. The number of hydrogen-bond acceptors (Lipinski definition) is 4. The molecule has 0 spiro atoms. The van der Waals surface area contributed by atoms with E-state index in [9.17, 15) is 5.26 Å². The lowest BCUT2D eigenvalue weighted by atomic mass is 9.65. The monoisotopic (exact) mass is 305 g/mol. The first-order valence-electron chi connectivity index (χ1n) is 7.71. The summed E-state index contributed by atoms with van der Waals surface area (Å²) in [5.41, 5.74) is 1.54. The van der Waals surface area contributed by atoms with Gasteiger partial charge in [-0.15, -0.1) is 0 Å². The Bertz CT molecular complexity index is 910. The van der Waals surface area contributed by atoms with Gasteiger partial charge < -0.3 is 0 Å². The molecule has 1 aliphatic rings. The molecule has 3 rings (SSSR count). The fourth-order valence-electron chi connectivity index (χ4n) is 2.92. The van der Waals surface area contributed by atoms with Crippen molar-refractivity contribution in [3.05, 3.63) is 46.5 Å². The van der Waals surface area contributed by atoms with E-state index in [0.29, 0.717) is 5.82 Å². The third-order valence-corrected chi connectivity index (χ3v) is 4.47. The Balaban J connectivity index is 2.16. The first-order valence-corrected chi connectivity index (χ1v) is 7.71. The molecule has 0 atom stereocenters. The number of allylic oxidation sites excluding steroid dienone is 2. The molecule has 1 saturated carbocycles. The van der Waals surface area contributed by atoms with Crippen molar-refractivity contribution in [3.8, 4) is 11.9 Å². The molecule has 2 aromatic heterocycles. The van der Waals surface area contributed by atoms with Crippen molar-refractivity contribution >= 4 is 12.7 Å². The van der Waals surface area contributed by atoms with Gasteiger partial charge in [-0.3, -0.25) is 0 Å². The molecule has 1 fully saturated rings. The Labute approximate surface area is 135 Å². The molecule has 0 aromatic carbocycles. The summed E-state index contributed by atoms with van der Waals surface area (Å²) in [5.74, 6) is 0.703. The summed E-state index contributed by atoms with van der Waals surface area (Å²) in [7, 11) is 0. The van der Waals surface area contributed by atoms with Crippen LogP contribution >= 0.6 is 0 Å². The molecule has 0 saturated heterocycles. The van der Waals surface area contributed by atoms with Crippen LogP contribution in [0, 0.1) is 23.7 Å². The summed E-state index contributed by atoms with van der Waals surface area (Å²) in [6.07, 6.45) is 10.2. The number of rotatable bonds is 3. The number of hydrogen-bond donors (Lipinski definition) is 0. The molecule has 23 heavy (non-hydrogen) atoms. The van der Waals surface area contributed by atoms with Gasteiger partial charge in [0.1, 0.15) is 6.33 Å². The maximum absolute atomic E-state index is 9.59. The van der Waals surface area contributed by atoms with Gasteiger partial charge in [-0.2, -0.15) is 10.4 Å². The van der Waals surface area contributed by atoms with E-state index in [4.69, 9.17) is 0 Å². The van der Waals surface area contributed by atoms with Gasteiger partial charge >= 0.3 is 0 Å². The third-order valence-electron chi connectivity index (χ3n) is 4.47. The lowest BCUT2D eigenvalue weighted by molar-refractivity contribution is 0.277. The number of nitriles is 1. The molecule has 0 aliphatic heterocycles. The highest BCUT2D eigenvalue weighted by Crippen LogP contribution is 2.46. The normalized spacial score (nSPS) is 17.6.